The van der Waals surface area contributed by atoms with Gasteiger partial charge in [0.1, 0.15) is 0 Å². The highest BCUT2D eigenvalue weighted by atomic mass is 127. The van der Waals surface area contributed by atoms with Crippen molar-refractivity contribution in [3.8, 4) is 0 Å². The minimum Gasteiger partial charge on any atom is -0.369 e. The maximum absolute atomic E-state index is 6.26. The Kier molecular flexibility index (Phi) is 5.77. The average molecular weight is 379 g/mol. The fourth-order valence-electron chi connectivity index (χ4n) is 2.48. The monoisotopic (exact) mass is 378 g/mol. The van der Waals surface area contributed by atoms with Crippen LogP contribution in [0.25, 0.3) is 0 Å². The van der Waals surface area contributed by atoms with Crippen LogP contribution in [0.15, 0.2) is 24.3 Å². The highest BCUT2D eigenvalue weighted by Crippen LogP contribution is 2.31. The van der Waals surface area contributed by atoms with Gasteiger partial charge in [0, 0.05) is 9.45 Å². The molecule has 3 heteroatoms. The molecule has 1 aliphatic carbocycles. The Morgan fingerprint density at radius 2 is 1.83 bits per heavy atom. The molecule has 0 radical (unpaired) electrons. The van der Waals surface area contributed by atoms with E-state index in [4.69, 9.17) is 16.3 Å². The molecule has 0 spiro atoms. The molecule has 1 nitrogen and oxygen atoms in total. The predicted molar refractivity (Wildman–Crippen MR) is 85.6 cm³/mol. The minimum absolute atomic E-state index is 0.210. The van der Waals surface area contributed by atoms with Gasteiger partial charge in [0.25, 0.3) is 0 Å². The summed E-state index contributed by atoms with van der Waals surface area (Å²) in [5.41, 5.74) is 1.24. The van der Waals surface area contributed by atoms with Gasteiger partial charge < -0.3 is 4.74 Å². The third-order valence-electron chi connectivity index (χ3n) is 3.70. The topological polar surface area (TPSA) is 9.23 Å². The molecule has 0 aromatic heterocycles. The highest BCUT2D eigenvalue weighted by Gasteiger charge is 2.22. The summed E-state index contributed by atoms with van der Waals surface area (Å²) in [7, 11) is 0. The van der Waals surface area contributed by atoms with Gasteiger partial charge in [-0.2, -0.15) is 0 Å². The van der Waals surface area contributed by atoms with E-state index in [0.717, 1.165) is 15.4 Å². The van der Waals surface area contributed by atoms with Crippen molar-refractivity contribution in [3.63, 3.8) is 0 Å². The van der Waals surface area contributed by atoms with Gasteiger partial charge in [0.05, 0.1) is 12.2 Å². The number of ether oxygens (including phenoxy) is 1. The van der Waals surface area contributed by atoms with Crippen LogP contribution in [-0.2, 0) is 4.74 Å². The molecule has 0 amide bonds. The maximum Gasteiger partial charge on any atom is 0.0918 e. The number of rotatable bonds is 4. The zero-order valence-corrected chi connectivity index (χ0v) is 13.7. The number of alkyl halides is 1. The number of hydrogen-bond acceptors (Lipinski definition) is 1. The summed E-state index contributed by atoms with van der Waals surface area (Å²) in [6, 6.07) is 8.05. The first-order valence-electron chi connectivity index (χ1n) is 6.66. The summed E-state index contributed by atoms with van der Waals surface area (Å²) in [5.74, 6) is 0.874. The zero-order chi connectivity index (χ0) is 13.0. The number of benzene rings is 1. The molecule has 1 aromatic rings. The second-order valence-corrected chi connectivity index (χ2v) is 6.53. The lowest BCUT2D eigenvalue weighted by molar-refractivity contribution is -0.0248. The summed E-state index contributed by atoms with van der Waals surface area (Å²) in [5, 5.41) is 0.789. The minimum atomic E-state index is 0.210. The normalized spacial score (nSPS) is 25.9. The van der Waals surface area contributed by atoms with Gasteiger partial charge in [0.15, 0.2) is 0 Å². The molecule has 0 N–H and O–H groups in total. The van der Waals surface area contributed by atoms with Crippen LogP contribution in [0.1, 0.15) is 44.3 Å². The van der Waals surface area contributed by atoms with Crippen molar-refractivity contribution < 1.29 is 4.74 Å². The SMILES string of the molecule is CC1CCC(OC(CI)c2ccc(Cl)cc2)CC1. The second-order valence-electron chi connectivity index (χ2n) is 5.21. The van der Waals surface area contributed by atoms with Crippen LogP contribution in [0.3, 0.4) is 0 Å². The molecular formula is C15H20ClIO. The quantitative estimate of drug-likeness (QED) is 0.503. The third-order valence-corrected chi connectivity index (χ3v) is 4.75. The molecule has 1 fully saturated rings. The van der Waals surface area contributed by atoms with E-state index in [0.29, 0.717) is 6.10 Å². The second kappa shape index (κ2) is 7.11. The third kappa shape index (κ3) is 4.10. The standard InChI is InChI=1S/C15H20ClIO/c1-11-2-8-14(9-3-11)18-15(10-17)12-4-6-13(16)7-5-12/h4-7,11,14-15H,2-3,8-10H2,1H3. The van der Waals surface area contributed by atoms with Gasteiger partial charge in [-0.1, -0.05) is 53.2 Å². The van der Waals surface area contributed by atoms with Crippen LogP contribution in [-0.4, -0.2) is 10.5 Å². The summed E-state index contributed by atoms with van der Waals surface area (Å²) in [6.07, 6.45) is 5.68. The Labute approximate surface area is 128 Å². The van der Waals surface area contributed by atoms with Crippen molar-refractivity contribution in [2.75, 3.05) is 4.43 Å². The predicted octanol–water partition coefficient (Wildman–Crippen LogP) is 5.41. The zero-order valence-electron chi connectivity index (χ0n) is 10.7. The highest BCUT2D eigenvalue weighted by molar-refractivity contribution is 14.1. The number of hydrogen-bond donors (Lipinski definition) is 0. The van der Waals surface area contributed by atoms with Gasteiger partial charge >= 0.3 is 0 Å². The van der Waals surface area contributed by atoms with Gasteiger partial charge in [-0.15, -0.1) is 0 Å². The smallest absolute Gasteiger partial charge is 0.0918 e. The fraction of sp³-hybridized carbons (Fsp3) is 0.600. The summed E-state index contributed by atoms with van der Waals surface area (Å²) >= 11 is 8.33. The van der Waals surface area contributed by atoms with E-state index >= 15 is 0 Å². The van der Waals surface area contributed by atoms with E-state index < -0.39 is 0 Å². The van der Waals surface area contributed by atoms with Crippen molar-refractivity contribution in [1.82, 2.24) is 0 Å². The lowest BCUT2D eigenvalue weighted by Gasteiger charge is -2.29. The number of halogens is 2. The molecule has 1 aliphatic rings. The lowest BCUT2D eigenvalue weighted by Crippen LogP contribution is -2.23. The van der Waals surface area contributed by atoms with Gasteiger partial charge in [-0.25, -0.2) is 0 Å². The summed E-state index contributed by atoms with van der Waals surface area (Å²) < 4.78 is 7.26. The van der Waals surface area contributed by atoms with Gasteiger partial charge in [-0.05, 0) is 49.3 Å². The molecule has 100 valence electrons. The average Bonchev–Trinajstić information content (AvgIpc) is 2.39. The van der Waals surface area contributed by atoms with E-state index in [1.807, 2.05) is 12.1 Å². The van der Waals surface area contributed by atoms with Crippen molar-refractivity contribution in [2.24, 2.45) is 5.92 Å². The van der Waals surface area contributed by atoms with Crippen molar-refractivity contribution >= 4 is 34.2 Å². The molecule has 0 aliphatic heterocycles. The first-order valence-corrected chi connectivity index (χ1v) is 8.56. The molecule has 0 heterocycles. The van der Waals surface area contributed by atoms with Crippen LogP contribution >= 0.6 is 34.2 Å². The van der Waals surface area contributed by atoms with Crippen LogP contribution in [0.2, 0.25) is 5.02 Å². The molecule has 1 atom stereocenters. The first kappa shape index (κ1) is 14.6. The van der Waals surface area contributed by atoms with Crippen LogP contribution < -0.4 is 0 Å². The molecule has 0 saturated heterocycles. The Balaban J connectivity index is 1.94. The molecule has 18 heavy (non-hydrogen) atoms. The lowest BCUT2D eigenvalue weighted by atomic mass is 9.89. The Morgan fingerprint density at radius 1 is 1.22 bits per heavy atom. The van der Waals surface area contributed by atoms with Gasteiger partial charge in [0.2, 0.25) is 0 Å². The van der Waals surface area contributed by atoms with Crippen molar-refractivity contribution in [1.29, 1.82) is 0 Å². The summed E-state index contributed by atoms with van der Waals surface area (Å²) in [6.45, 7) is 2.34. The van der Waals surface area contributed by atoms with E-state index in [1.54, 1.807) is 0 Å². The van der Waals surface area contributed by atoms with Crippen LogP contribution in [0.5, 0.6) is 0 Å². The molecule has 1 aromatic carbocycles. The Bertz CT molecular complexity index is 357. The molecule has 2 rings (SSSR count). The fourth-order valence-corrected chi connectivity index (χ4v) is 3.32. The molecule has 0 bridgehead atoms. The van der Waals surface area contributed by atoms with E-state index in [1.165, 1.54) is 31.2 Å². The molecule has 1 unspecified atom stereocenters. The summed E-state index contributed by atoms with van der Waals surface area (Å²) in [4.78, 5) is 0. The Hall–Kier alpha value is 0.200. The first-order chi connectivity index (χ1) is 8.69. The van der Waals surface area contributed by atoms with Crippen molar-refractivity contribution in [2.45, 2.75) is 44.8 Å². The van der Waals surface area contributed by atoms with E-state index in [-0.39, 0.29) is 6.10 Å². The molecule has 1 saturated carbocycles. The maximum atomic E-state index is 6.26. The van der Waals surface area contributed by atoms with E-state index in [9.17, 15) is 0 Å². The van der Waals surface area contributed by atoms with Crippen molar-refractivity contribution in [3.05, 3.63) is 34.9 Å². The van der Waals surface area contributed by atoms with Crippen LogP contribution in [0, 0.1) is 5.92 Å². The Morgan fingerprint density at radius 3 is 2.39 bits per heavy atom. The largest absolute Gasteiger partial charge is 0.369 e. The van der Waals surface area contributed by atoms with E-state index in [2.05, 4.69) is 41.6 Å². The molecular weight excluding hydrogens is 359 g/mol. The van der Waals surface area contributed by atoms with Gasteiger partial charge in [-0.3, -0.25) is 0 Å². The van der Waals surface area contributed by atoms with Crippen LogP contribution in [0.4, 0.5) is 0 Å².